The number of rotatable bonds is 1. The van der Waals surface area contributed by atoms with Gasteiger partial charge in [-0.25, -0.2) is 9.97 Å². The topological polar surface area (TPSA) is 67.8 Å². The molecule has 2 aliphatic rings. The molecule has 7 heteroatoms. The summed E-state index contributed by atoms with van der Waals surface area (Å²) in [5.74, 6) is 0.669. The molecule has 3 rings (SSSR count). The smallest absolute Gasteiger partial charge is 0.248 e. The minimum absolute atomic E-state index is 0.00221. The van der Waals surface area contributed by atoms with Crippen molar-refractivity contribution in [3.63, 3.8) is 0 Å². The van der Waals surface area contributed by atoms with E-state index in [1.54, 1.807) is 30.4 Å². The largest absolute Gasteiger partial charge is 0.376 e. The van der Waals surface area contributed by atoms with Gasteiger partial charge < -0.3 is 19.3 Å². The van der Waals surface area contributed by atoms with Crippen molar-refractivity contribution in [3.8, 4) is 0 Å². The maximum Gasteiger partial charge on any atom is 0.248 e. The maximum atomic E-state index is 11.6. The number of hydrogen-bond donors (Lipinski definition) is 0. The lowest BCUT2D eigenvalue weighted by atomic mass is 10.0. The highest BCUT2D eigenvalue weighted by atomic mass is 16.6. The van der Waals surface area contributed by atoms with E-state index in [1.807, 2.05) is 0 Å². The lowest BCUT2D eigenvalue weighted by molar-refractivity contribution is -0.167. The average Bonchev–Trinajstić information content (AvgIpc) is 2.68. The Morgan fingerprint density at radius 2 is 2.10 bits per heavy atom. The van der Waals surface area contributed by atoms with E-state index in [1.165, 1.54) is 0 Å². The van der Waals surface area contributed by atoms with Crippen LogP contribution in [0, 0.1) is 0 Å². The molecular weight excluding hydrogens is 260 g/mol. The van der Waals surface area contributed by atoms with Crippen LogP contribution in [0.1, 0.15) is 0 Å². The fourth-order valence-electron chi connectivity index (χ4n) is 2.60. The van der Waals surface area contributed by atoms with Crippen LogP contribution in [0.25, 0.3) is 0 Å². The molecule has 1 amide bonds. The summed E-state index contributed by atoms with van der Waals surface area (Å²) in [7, 11) is 1.79. The van der Waals surface area contributed by atoms with E-state index in [-0.39, 0.29) is 12.5 Å². The second-order valence-corrected chi connectivity index (χ2v) is 5.24. The average molecular weight is 278 g/mol. The molecule has 20 heavy (non-hydrogen) atoms. The zero-order valence-electron chi connectivity index (χ0n) is 11.5. The Kier molecular flexibility index (Phi) is 3.54. The quantitative estimate of drug-likeness (QED) is 0.692. The van der Waals surface area contributed by atoms with Crippen molar-refractivity contribution in [2.75, 3.05) is 51.4 Å². The normalized spacial score (nSPS) is 27.8. The zero-order chi connectivity index (χ0) is 14.0. The Morgan fingerprint density at radius 3 is 2.85 bits per heavy atom. The Hall–Kier alpha value is -1.73. The van der Waals surface area contributed by atoms with Gasteiger partial charge in [0.1, 0.15) is 12.2 Å². The zero-order valence-corrected chi connectivity index (χ0v) is 11.5. The van der Waals surface area contributed by atoms with E-state index in [9.17, 15) is 4.79 Å². The standard InChI is InChI=1S/C13H18N4O3/c1-16-8-13(20-7-11(16)18)9-17(5-6-19-10-13)12-14-3-2-4-15-12/h2-4H,5-10H2,1H3/t13-/m0/s1. The summed E-state index contributed by atoms with van der Waals surface area (Å²) in [6.07, 6.45) is 3.44. The lowest BCUT2D eigenvalue weighted by Gasteiger charge is -2.41. The number of carbonyl (C=O) groups excluding carboxylic acids is 1. The van der Waals surface area contributed by atoms with Gasteiger partial charge in [-0.2, -0.15) is 0 Å². The van der Waals surface area contributed by atoms with Gasteiger partial charge in [0, 0.05) is 26.0 Å². The number of carbonyl (C=O) groups is 1. The van der Waals surface area contributed by atoms with Gasteiger partial charge in [-0.1, -0.05) is 0 Å². The van der Waals surface area contributed by atoms with Gasteiger partial charge in [0.25, 0.3) is 0 Å². The molecule has 0 saturated carbocycles. The maximum absolute atomic E-state index is 11.6. The lowest BCUT2D eigenvalue weighted by Crippen LogP contribution is -2.59. The highest BCUT2D eigenvalue weighted by Crippen LogP contribution is 2.24. The van der Waals surface area contributed by atoms with Crippen LogP contribution >= 0.6 is 0 Å². The number of anilines is 1. The Labute approximate surface area is 117 Å². The third-order valence-corrected chi connectivity index (χ3v) is 3.64. The fraction of sp³-hybridized carbons (Fsp3) is 0.615. The molecule has 0 bridgehead atoms. The monoisotopic (exact) mass is 278 g/mol. The molecule has 2 fully saturated rings. The molecule has 7 nitrogen and oxygen atoms in total. The molecule has 2 aliphatic heterocycles. The summed E-state index contributed by atoms with van der Waals surface area (Å²) in [6.45, 7) is 3.04. The van der Waals surface area contributed by atoms with Crippen molar-refractivity contribution in [2.45, 2.75) is 5.60 Å². The fourth-order valence-corrected chi connectivity index (χ4v) is 2.60. The van der Waals surface area contributed by atoms with E-state index in [2.05, 4.69) is 14.9 Å². The van der Waals surface area contributed by atoms with Gasteiger partial charge in [0.05, 0.1) is 26.3 Å². The Morgan fingerprint density at radius 1 is 1.30 bits per heavy atom. The molecule has 0 N–H and O–H groups in total. The highest BCUT2D eigenvalue weighted by molar-refractivity contribution is 5.78. The molecule has 2 saturated heterocycles. The van der Waals surface area contributed by atoms with E-state index >= 15 is 0 Å². The number of likely N-dealkylation sites (N-methyl/N-ethyl adjacent to an activating group) is 1. The number of hydrogen-bond acceptors (Lipinski definition) is 6. The third kappa shape index (κ3) is 2.59. The molecule has 1 atom stereocenters. The summed E-state index contributed by atoms with van der Waals surface area (Å²) in [6, 6.07) is 1.79. The molecule has 0 aromatic carbocycles. The van der Waals surface area contributed by atoms with E-state index in [0.29, 0.717) is 38.8 Å². The van der Waals surface area contributed by atoms with Crippen LogP contribution in [0.4, 0.5) is 5.95 Å². The van der Waals surface area contributed by atoms with Crippen LogP contribution in [0.15, 0.2) is 18.5 Å². The van der Waals surface area contributed by atoms with Crippen molar-refractivity contribution < 1.29 is 14.3 Å². The van der Waals surface area contributed by atoms with Crippen molar-refractivity contribution >= 4 is 11.9 Å². The number of morpholine rings is 1. The van der Waals surface area contributed by atoms with Gasteiger partial charge >= 0.3 is 0 Å². The minimum Gasteiger partial charge on any atom is -0.376 e. The number of ether oxygens (including phenoxy) is 2. The second kappa shape index (κ2) is 5.34. The Balaban J connectivity index is 1.80. The molecular formula is C13H18N4O3. The molecule has 108 valence electrons. The summed E-state index contributed by atoms with van der Waals surface area (Å²) in [4.78, 5) is 23.9. The summed E-state index contributed by atoms with van der Waals surface area (Å²) >= 11 is 0. The molecule has 0 aliphatic carbocycles. The van der Waals surface area contributed by atoms with Crippen molar-refractivity contribution in [3.05, 3.63) is 18.5 Å². The van der Waals surface area contributed by atoms with Gasteiger partial charge in [0.2, 0.25) is 11.9 Å². The number of amides is 1. The van der Waals surface area contributed by atoms with Crippen LogP contribution in [-0.4, -0.2) is 72.9 Å². The van der Waals surface area contributed by atoms with E-state index < -0.39 is 5.60 Å². The van der Waals surface area contributed by atoms with Gasteiger partial charge in [0.15, 0.2) is 0 Å². The van der Waals surface area contributed by atoms with Gasteiger partial charge in [-0.15, -0.1) is 0 Å². The molecule has 1 aromatic rings. The summed E-state index contributed by atoms with van der Waals surface area (Å²) < 4.78 is 11.5. The van der Waals surface area contributed by atoms with Crippen molar-refractivity contribution in [2.24, 2.45) is 0 Å². The number of aromatic nitrogens is 2. The predicted molar refractivity (Wildman–Crippen MR) is 71.4 cm³/mol. The van der Waals surface area contributed by atoms with Gasteiger partial charge in [-0.3, -0.25) is 4.79 Å². The van der Waals surface area contributed by atoms with E-state index in [0.717, 1.165) is 0 Å². The predicted octanol–water partition coefficient (Wildman–Crippen LogP) is -0.459. The SMILES string of the molecule is CN1C[C@]2(COCCN(c3ncccn3)C2)OCC1=O. The minimum atomic E-state index is -0.502. The van der Waals surface area contributed by atoms with Crippen LogP contribution in [-0.2, 0) is 14.3 Å². The molecule has 0 unspecified atom stereocenters. The van der Waals surface area contributed by atoms with Crippen LogP contribution < -0.4 is 4.90 Å². The summed E-state index contributed by atoms with van der Waals surface area (Å²) in [5.41, 5.74) is -0.502. The van der Waals surface area contributed by atoms with Crippen molar-refractivity contribution in [1.82, 2.24) is 14.9 Å². The second-order valence-electron chi connectivity index (χ2n) is 5.24. The first-order valence-corrected chi connectivity index (χ1v) is 6.66. The first-order chi connectivity index (χ1) is 9.69. The Bertz CT molecular complexity index is 484. The molecule has 1 spiro atoms. The van der Waals surface area contributed by atoms with Crippen LogP contribution in [0.3, 0.4) is 0 Å². The molecule has 1 aromatic heterocycles. The van der Waals surface area contributed by atoms with Crippen LogP contribution in [0.5, 0.6) is 0 Å². The van der Waals surface area contributed by atoms with Crippen molar-refractivity contribution in [1.29, 1.82) is 0 Å². The first-order valence-electron chi connectivity index (χ1n) is 6.66. The van der Waals surface area contributed by atoms with Crippen LogP contribution in [0.2, 0.25) is 0 Å². The highest BCUT2D eigenvalue weighted by Gasteiger charge is 2.42. The third-order valence-electron chi connectivity index (χ3n) is 3.64. The summed E-state index contributed by atoms with van der Waals surface area (Å²) in [5, 5.41) is 0. The van der Waals surface area contributed by atoms with Gasteiger partial charge in [-0.05, 0) is 6.07 Å². The molecule has 0 radical (unpaired) electrons. The molecule has 3 heterocycles. The first kappa shape index (κ1) is 13.3. The number of nitrogens with zero attached hydrogens (tertiary/aromatic N) is 4. The van der Waals surface area contributed by atoms with E-state index in [4.69, 9.17) is 9.47 Å².